The molecule has 2 N–H and O–H groups in total. The van der Waals surface area contributed by atoms with Crippen molar-refractivity contribution in [2.45, 2.75) is 39.7 Å². The lowest BCUT2D eigenvalue weighted by atomic mass is 10.0. The summed E-state index contributed by atoms with van der Waals surface area (Å²) in [6, 6.07) is 3.69. The molecule has 4 nitrogen and oxygen atoms in total. The van der Waals surface area contributed by atoms with Crippen molar-refractivity contribution in [3.05, 3.63) is 30.1 Å². The highest BCUT2D eigenvalue weighted by atomic mass is 16.2. The molecule has 0 bridgehead atoms. The van der Waals surface area contributed by atoms with Gasteiger partial charge < -0.3 is 10.6 Å². The van der Waals surface area contributed by atoms with Crippen molar-refractivity contribution in [1.29, 1.82) is 0 Å². The van der Waals surface area contributed by atoms with Gasteiger partial charge in [-0.05, 0) is 24.5 Å². The van der Waals surface area contributed by atoms with Crippen LogP contribution in [-0.4, -0.2) is 17.6 Å². The molecule has 1 aromatic heterocycles. The summed E-state index contributed by atoms with van der Waals surface area (Å²) in [5.74, 6) is 0.560. The maximum Gasteiger partial charge on any atom is 0.315 e. The Morgan fingerprint density at radius 1 is 1.39 bits per heavy atom. The van der Waals surface area contributed by atoms with Gasteiger partial charge in [-0.2, -0.15) is 0 Å². The lowest BCUT2D eigenvalue weighted by Gasteiger charge is -2.17. The van der Waals surface area contributed by atoms with Gasteiger partial charge >= 0.3 is 6.03 Å². The van der Waals surface area contributed by atoms with Crippen LogP contribution in [0.4, 0.5) is 4.79 Å². The molecular weight excluding hydrogens is 226 g/mol. The first-order valence-corrected chi connectivity index (χ1v) is 6.61. The maximum atomic E-state index is 11.7. The average molecular weight is 249 g/mol. The number of carbonyl (C=O) groups is 1. The Morgan fingerprint density at radius 2 is 2.11 bits per heavy atom. The fourth-order valence-corrected chi connectivity index (χ4v) is 1.78. The molecule has 0 aliphatic carbocycles. The summed E-state index contributed by atoms with van der Waals surface area (Å²) in [6.07, 6.45) is 5.68. The van der Waals surface area contributed by atoms with Gasteiger partial charge in [-0.15, -0.1) is 0 Å². The first-order chi connectivity index (χ1) is 8.67. The monoisotopic (exact) mass is 249 g/mol. The number of hydrogen-bond acceptors (Lipinski definition) is 2. The van der Waals surface area contributed by atoms with E-state index < -0.39 is 0 Å². The van der Waals surface area contributed by atoms with Crippen molar-refractivity contribution < 1.29 is 4.79 Å². The van der Waals surface area contributed by atoms with Crippen LogP contribution in [0.5, 0.6) is 0 Å². The number of aromatic nitrogens is 1. The van der Waals surface area contributed by atoms with Gasteiger partial charge in [0.15, 0.2) is 0 Å². The summed E-state index contributed by atoms with van der Waals surface area (Å²) in [6.45, 7) is 6.98. The van der Waals surface area contributed by atoms with E-state index in [1.807, 2.05) is 19.1 Å². The summed E-state index contributed by atoms with van der Waals surface area (Å²) in [4.78, 5) is 15.8. The second-order valence-electron chi connectivity index (χ2n) is 4.54. The number of amides is 2. The smallest absolute Gasteiger partial charge is 0.315 e. The van der Waals surface area contributed by atoms with Crippen LogP contribution in [-0.2, 0) is 0 Å². The first kappa shape index (κ1) is 14.5. The molecule has 0 aromatic carbocycles. The Labute approximate surface area is 109 Å². The number of urea groups is 1. The fraction of sp³-hybridized carbons (Fsp3) is 0.571. The van der Waals surface area contributed by atoms with E-state index in [1.54, 1.807) is 12.4 Å². The van der Waals surface area contributed by atoms with Gasteiger partial charge in [0.2, 0.25) is 0 Å². The van der Waals surface area contributed by atoms with Gasteiger partial charge in [-0.1, -0.05) is 32.8 Å². The van der Waals surface area contributed by atoms with Crippen LogP contribution in [0.15, 0.2) is 24.5 Å². The molecule has 0 aliphatic heterocycles. The molecule has 0 fully saturated rings. The number of pyridine rings is 1. The average Bonchev–Trinajstić information content (AvgIpc) is 2.41. The quantitative estimate of drug-likeness (QED) is 0.814. The zero-order valence-electron chi connectivity index (χ0n) is 11.4. The van der Waals surface area contributed by atoms with Crippen LogP contribution >= 0.6 is 0 Å². The van der Waals surface area contributed by atoms with Crippen molar-refractivity contribution in [1.82, 2.24) is 15.6 Å². The Morgan fingerprint density at radius 3 is 2.67 bits per heavy atom. The van der Waals surface area contributed by atoms with Gasteiger partial charge in [0.25, 0.3) is 0 Å². The fourth-order valence-electron chi connectivity index (χ4n) is 1.78. The molecule has 0 radical (unpaired) electrons. The van der Waals surface area contributed by atoms with Gasteiger partial charge in [0.1, 0.15) is 0 Å². The summed E-state index contributed by atoms with van der Waals surface area (Å²) >= 11 is 0. The Kier molecular flexibility index (Phi) is 6.19. The molecule has 1 atom stereocenters. The number of hydrogen-bond donors (Lipinski definition) is 2. The first-order valence-electron chi connectivity index (χ1n) is 6.61. The second kappa shape index (κ2) is 7.69. The number of nitrogens with one attached hydrogen (secondary N) is 2. The molecule has 0 spiro atoms. The summed E-state index contributed by atoms with van der Waals surface area (Å²) in [7, 11) is 0. The standard InChI is InChI=1S/C14H23N3O/c1-4-12(5-2)9-16-14(18)17-11(3)13-7-6-8-15-10-13/h6-8,10-12H,4-5,9H2,1-3H3,(H2,16,17,18)/t11-/m1/s1. The second-order valence-corrected chi connectivity index (χ2v) is 4.54. The molecule has 1 rings (SSSR count). The molecule has 1 heterocycles. The predicted molar refractivity (Wildman–Crippen MR) is 73.3 cm³/mol. The molecule has 100 valence electrons. The molecule has 0 aliphatic rings. The zero-order valence-corrected chi connectivity index (χ0v) is 11.4. The molecule has 4 heteroatoms. The third-order valence-electron chi connectivity index (χ3n) is 3.24. The minimum Gasteiger partial charge on any atom is -0.338 e. The minimum atomic E-state index is -0.113. The van der Waals surface area contributed by atoms with Crippen LogP contribution in [0.25, 0.3) is 0 Å². The maximum absolute atomic E-state index is 11.7. The lowest BCUT2D eigenvalue weighted by Crippen LogP contribution is -2.39. The molecule has 2 amide bonds. The molecule has 0 saturated carbocycles. The Balaban J connectivity index is 2.36. The van der Waals surface area contributed by atoms with Gasteiger partial charge in [0, 0.05) is 18.9 Å². The number of carbonyl (C=O) groups excluding carboxylic acids is 1. The molecule has 0 saturated heterocycles. The van der Waals surface area contributed by atoms with Gasteiger partial charge in [-0.25, -0.2) is 4.79 Å². The molecule has 1 aromatic rings. The number of rotatable bonds is 6. The topological polar surface area (TPSA) is 54.0 Å². The van der Waals surface area contributed by atoms with Crippen molar-refractivity contribution in [3.63, 3.8) is 0 Å². The lowest BCUT2D eigenvalue weighted by molar-refractivity contribution is 0.235. The van der Waals surface area contributed by atoms with E-state index in [1.165, 1.54) is 0 Å². The van der Waals surface area contributed by atoms with E-state index in [0.717, 1.165) is 24.9 Å². The highest BCUT2D eigenvalue weighted by molar-refractivity contribution is 5.74. The van der Waals surface area contributed by atoms with Crippen molar-refractivity contribution >= 4 is 6.03 Å². The van der Waals surface area contributed by atoms with E-state index >= 15 is 0 Å². The summed E-state index contributed by atoms with van der Waals surface area (Å²) < 4.78 is 0. The molecule has 0 unspecified atom stereocenters. The van der Waals surface area contributed by atoms with E-state index in [0.29, 0.717) is 5.92 Å². The Bertz CT molecular complexity index is 349. The largest absolute Gasteiger partial charge is 0.338 e. The van der Waals surface area contributed by atoms with Crippen LogP contribution in [0.1, 0.15) is 45.2 Å². The molecular formula is C14H23N3O. The number of nitrogens with zero attached hydrogens (tertiary/aromatic N) is 1. The van der Waals surface area contributed by atoms with E-state index in [-0.39, 0.29) is 12.1 Å². The van der Waals surface area contributed by atoms with Crippen molar-refractivity contribution in [2.75, 3.05) is 6.54 Å². The van der Waals surface area contributed by atoms with E-state index in [9.17, 15) is 4.79 Å². The minimum absolute atomic E-state index is 0.0274. The summed E-state index contributed by atoms with van der Waals surface area (Å²) in [5, 5.41) is 5.82. The molecule has 18 heavy (non-hydrogen) atoms. The van der Waals surface area contributed by atoms with Gasteiger partial charge in [0.05, 0.1) is 6.04 Å². The SMILES string of the molecule is CCC(CC)CNC(=O)N[C@H](C)c1cccnc1. The van der Waals surface area contributed by atoms with Crippen LogP contribution in [0.3, 0.4) is 0 Å². The van der Waals surface area contributed by atoms with Crippen LogP contribution < -0.4 is 10.6 Å². The summed E-state index contributed by atoms with van der Waals surface area (Å²) in [5.41, 5.74) is 1.01. The third kappa shape index (κ3) is 4.73. The van der Waals surface area contributed by atoms with Crippen molar-refractivity contribution in [2.24, 2.45) is 5.92 Å². The van der Waals surface area contributed by atoms with E-state index in [4.69, 9.17) is 0 Å². The predicted octanol–water partition coefficient (Wildman–Crippen LogP) is 2.88. The zero-order chi connectivity index (χ0) is 13.4. The van der Waals surface area contributed by atoms with E-state index in [2.05, 4.69) is 29.5 Å². The van der Waals surface area contributed by atoms with Crippen LogP contribution in [0.2, 0.25) is 0 Å². The Hall–Kier alpha value is -1.58. The van der Waals surface area contributed by atoms with Crippen molar-refractivity contribution in [3.8, 4) is 0 Å². The van der Waals surface area contributed by atoms with Gasteiger partial charge in [-0.3, -0.25) is 4.98 Å². The third-order valence-corrected chi connectivity index (χ3v) is 3.24. The van der Waals surface area contributed by atoms with Crippen LogP contribution in [0, 0.1) is 5.92 Å². The highest BCUT2D eigenvalue weighted by Crippen LogP contribution is 2.09. The highest BCUT2D eigenvalue weighted by Gasteiger charge is 2.10. The normalized spacial score (nSPS) is 12.2.